The maximum atomic E-state index is 12.5. The molecule has 4 aromatic rings. The van der Waals surface area contributed by atoms with Gasteiger partial charge in [-0.05, 0) is 35.7 Å². The minimum absolute atomic E-state index is 0.0749. The first-order valence-corrected chi connectivity index (χ1v) is 14.2. The number of allylic oxidation sites excluding steroid dienone is 1. The van der Waals surface area contributed by atoms with Gasteiger partial charge < -0.3 is 9.88 Å². The van der Waals surface area contributed by atoms with E-state index in [-0.39, 0.29) is 21.7 Å². The third-order valence-corrected chi connectivity index (χ3v) is 8.47. The van der Waals surface area contributed by atoms with E-state index >= 15 is 0 Å². The molecule has 4 rings (SSSR count). The van der Waals surface area contributed by atoms with E-state index in [9.17, 15) is 13.2 Å². The molecule has 0 aliphatic rings. The van der Waals surface area contributed by atoms with Gasteiger partial charge in [-0.15, -0.1) is 39.4 Å². The van der Waals surface area contributed by atoms with Crippen molar-refractivity contribution >= 4 is 61.2 Å². The number of amides is 1. The Balaban J connectivity index is 1.35. The summed E-state index contributed by atoms with van der Waals surface area (Å²) in [5.74, 6) is 0.697. The SMILES string of the molecule is C=CCn1c(Cc2cccs2)nnc1SCC(=O)Nc1ccc(S(=O)(=O)Nc2nccs2)cc1. The molecule has 3 aromatic heterocycles. The number of hydrogen-bond donors (Lipinski definition) is 2. The van der Waals surface area contributed by atoms with Crippen LogP contribution in [-0.4, -0.2) is 39.8 Å². The van der Waals surface area contributed by atoms with E-state index in [1.54, 1.807) is 34.9 Å². The number of anilines is 2. The summed E-state index contributed by atoms with van der Waals surface area (Å²) < 4.78 is 29.2. The summed E-state index contributed by atoms with van der Waals surface area (Å²) >= 11 is 4.12. The highest BCUT2D eigenvalue weighted by atomic mass is 32.2. The zero-order chi connectivity index (χ0) is 24.0. The average Bonchev–Trinajstić information content (AvgIpc) is 3.58. The van der Waals surface area contributed by atoms with Crippen LogP contribution < -0.4 is 10.0 Å². The highest BCUT2D eigenvalue weighted by Crippen LogP contribution is 2.22. The Morgan fingerprint density at radius 3 is 2.65 bits per heavy atom. The number of rotatable bonds is 11. The van der Waals surface area contributed by atoms with Crippen molar-refractivity contribution in [3.8, 4) is 0 Å². The molecule has 1 aromatic carbocycles. The number of benzene rings is 1. The number of nitrogens with one attached hydrogen (secondary N) is 2. The number of thiazole rings is 1. The first-order valence-electron chi connectivity index (χ1n) is 9.95. The van der Waals surface area contributed by atoms with E-state index in [0.717, 1.165) is 5.82 Å². The van der Waals surface area contributed by atoms with E-state index in [2.05, 4.69) is 31.8 Å². The van der Waals surface area contributed by atoms with Crippen LogP contribution in [0.4, 0.5) is 10.8 Å². The van der Waals surface area contributed by atoms with Gasteiger partial charge in [-0.2, -0.15) is 0 Å². The number of hydrogen-bond acceptors (Lipinski definition) is 9. The summed E-state index contributed by atoms with van der Waals surface area (Å²) in [7, 11) is -3.75. The van der Waals surface area contributed by atoms with Gasteiger partial charge in [0, 0.05) is 35.1 Å². The molecule has 3 heterocycles. The lowest BCUT2D eigenvalue weighted by Gasteiger charge is -2.09. The Labute approximate surface area is 209 Å². The second-order valence-corrected chi connectivity index (χ2v) is 11.4. The molecule has 0 saturated carbocycles. The standard InChI is InChI=1S/C21H20N6O3S4/c1-2-10-27-18(13-16-4-3-11-31-16)24-25-21(27)33-14-19(28)23-15-5-7-17(8-6-15)34(29,30)26-20-22-9-12-32-20/h2-9,11-12H,1,10,13-14H2,(H,22,26)(H,23,28). The van der Waals surface area contributed by atoms with Gasteiger partial charge in [-0.1, -0.05) is 23.9 Å². The number of carbonyl (C=O) groups excluding carboxylic acids is 1. The topological polar surface area (TPSA) is 119 Å². The molecule has 0 atom stereocenters. The zero-order valence-electron chi connectivity index (χ0n) is 17.7. The predicted octanol–water partition coefficient (Wildman–Crippen LogP) is 4.10. The second-order valence-electron chi connectivity index (χ2n) is 6.86. The highest BCUT2D eigenvalue weighted by molar-refractivity contribution is 7.99. The van der Waals surface area contributed by atoms with Crippen LogP contribution in [0.5, 0.6) is 0 Å². The molecule has 2 N–H and O–H groups in total. The number of thioether (sulfide) groups is 1. The fourth-order valence-electron chi connectivity index (χ4n) is 2.93. The summed E-state index contributed by atoms with van der Waals surface area (Å²) in [4.78, 5) is 17.6. The smallest absolute Gasteiger partial charge is 0.263 e. The average molecular weight is 533 g/mol. The maximum absolute atomic E-state index is 12.5. The molecular formula is C21H20N6O3S4. The number of carbonyl (C=O) groups is 1. The van der Waals surface area contributed by atoms with Gasteiger partial charge in [0.2, 0.25) is 5.91 Å². The largest absolute Gasteiger partial charge is 0.325 e. The molecule has 0 fully saturated rings. The van der Waals surface area contributed by atoms with Crippen LogP contribution in [0.2, 0.25) is 0 Å². The van der Waals surface area contributed by atoms with E-state index < -0.39 is 10.0 Å². The summed E-state index contributed by atoms with van der Waals surface area (Å²) in [6.45, 7) is 4.34. The number of sulfonamides is 1. The minimum atomic E-state index is -3.75. The van der Waals surface area contributed by atoms with E-state index in [1.807, 2.05) is 22.1 Å². The van der Waals surface area contributed by atoms with Gasteiger partial charge in [0.05, 0.1) is 10.6 Å². The molecule has 1 amide bonds. The van der Waals surface area contributed by atoms with Crippen molar-refractivity contribution in [2.75, 3.05) is 15.8 Å². The fraction of sp³-hybridized carbons (Fsp3) is 0.143. The summed E-state index contributed by atoms with van der Waals surface area (Å²) in [5, 5.41) is 15.9. The van der Waals surface area contributed by atoms with Gasteiger partial charge >= 0.3 is 0 Å². The van der Waals surface area contributed by atoms with Gasteiger partial charge in [-0.3, -0.25) is 9.52 Å². The van der Waals surface area contributed by atoms with Crippen LogP contribution in [0.25, 0.3) is 0 Å². The predicted molar refractivity (Wildman–Crippen MR) is 136 cm³/mol. The molecule has 0 radical (unpaired) electrons. The molecule has 0 saturated heterocycles. The Bertz CT molecular complexity index is 1350. The third kappa shape index (κ3) is 6.11. The van der Waals surface area contributed by atoms with Crippen molar-refractivity contribution < 1.29 is 13.2 Å². The summed E-state index contributed by atoms with van der Waals surface area (Å²) in [5.41, 5.74) is 0.491. The van der Waals surface area contributed by atoms with Crippen LogP contribution in [0.15, 0.2) is 76.1 Å². The number of nitrogens with zero attached hydrogens (tertiary/aromatic N) is 4. The first kappa shape index (κ1) is 24.1. The molecule has 13 heteroatoms. The molecule has 0 bridgehead atoms. The van der Waals surface area contributed by atoms with Crippen molar-refractivity contribution in [2.24, 2.45) is 0 Å². The van der Waals surface area contributed by atoms with Gasteiger partial charge in [-0.25, -0.2) is 13.4 Å². The van der Waals surface area contributed by atoms with Crippen LogP contribution in [0.3, 0.4) is 0 Å². The molecule has 9 nitrogen and oxygen atoms in total. The Morgan fingerprint density at radius 2 is 1.97 bits per heavy atom. The maximum Gasteiger partial charge on any atom is 0.263 e. The van der Waals surface area contributed by atoms with E-state index in [0.29, 0.717) is 23.8 Å². The molecule has 0 unspecified atom stereocenters. The monoisotopic (exact) mass is 532 g/mol. The third-order valence-electron chi connectivity index (χ3n) is 4.45. The van der Waals surface area contributed by atoms with Crippen LogP contribution in [0.1, 0.15) is 10.7 Å². The van der Waals surface area contributed by atoms with Gasteiger partial charge in [0.15, 0.2) is 10.3 Å². The highest BCUT2D eigenvalue weighted by Gasteiger charge is 2.17. The minimum Gasteiger partial charge on any atom is -0.325 e. The van der Waals surface area contributed by atoms with Crippen molar-refractivity contribution in [1.82, 2.24) is 19.7 Å². The first-order chi connectivity index (χ1) is 16.4. The lowest BCUT2D eigenvalue weighted by atomic mass is 10.3. The Kier molecular flexibility index (Phi) is 7.77. The Morgan fingerprint density at radius 1 is 1.15 bits per heavy atom. The molecule has 176 valence electrons. The summed E-state index contributed by atoms with van der Waals surface area (Å²) in [6, 6.07) is 9.97. The van der Waals surface area contributed by atoms with Crippen molar-refractivity contribution in [3.05, 3.63) is 76.7 Å². The van der Waals surface area contributed by atoms with Crippen LogP contribution in [0, 0.1) is 0 Å². The van der Waals surface area contributed by atoms with E-state index in [4.69, 9.17) is 0 Å². The molecule has 0 aliphatic heterocycles. The fourth-order valence-corrected chi connectivity index (χ4v) is 6.19. The van der Waals surface area contributed by atoms with Crippen molar-refractivity contribution in [2.45, 2.75) is 23.0 Å². The van der Waals surface area contributed by atoms with Gasteiger partial charge in [0.25, 0.3) is 10.0 Å². The van der Waals surface area contributed by atoms with Crippen LogP contribution in [-0.2, 0) is 27.8 Å². The van der Waals surface area contributed by atoms with Crippen LogP contribution >= 0.6 is 34.4 Å². The molecule has 0 aliphatic carbocycles. The zero-order valence-corrected chi connectivity index (χ0v) is 21.0. The number of thiophene rings is 1. The molecule has 0 spiro atoms. The second kappa shape index (κ2) is 11.0. The van der Waals surface area contributed by atoms with Crippen molar-refractivity contribution in [3.63, 3.8) is 0 Å². The lowest BCUT2D eigenvalue weighted by Crippen LogP contribution is -2.15. The molecule has 34 heavy (non-hydrogen) atoms. The summed E-state index contributed by atoms with van der Waals surface area (Å²) in [6.07, 6.45) is 3.95. The lowest BCUT2D eigenvalue weighted by molar-refractivity contribution is -0.113. The normalized spacial score (nSPS) is 11.3. The number of aromatic nitrogens is 4. The van der Waals surface area contributed by atoms with Crippen molar-refractivity contribution in [1.29, 1.82) is 0 Å². The molecular weight excluding hydrogens is 513 g/mol. The van der Waals surface area contributed by atoms with Gasteiger partial charge in [0.1, 0.15) is 5.82 Å². The Hall–Kier alpha value is -3.00. The van der Waals surface area contributed by atoms with E-state index in [1.165, 1.54) is 46.3 Å². The quantitative estimate of drug-likeness (QED) is 0.220.